The fraction of sp³-hybridized carbons (Fsp3) is 0.900. The van der Waals surface area contributed by atoms with Crippen LogP contribution in [-0.4, -0.2) is 24.3 Å². The third-order valence-corrected chi connectivity index (χ3v) is 3.89. The van der Waals surface area contributed by atoms with Gasteiger partial charge >= 0.3 is 5.97 Å². The van der Waals surface area contributed by atoms with E-state index < -0.39 is 5.97 Å². The molecular formula is C10H16O3. The first kappa shape index (κ1) is 9.00. The highest BCUT2D eigenvalue weighted by Gasteiger charge is 2.53. The molecular weight excluding hydrogens is 168 g/mol. The molecule has 1 aliphatic carbocycles. The Bertz CT molecular complexity index is 216. The van der Waals surface area contributed by atoms with Crippen molar-refractivity contribution in [3.8, 4) is 0 Å². The van der Waals surface area contributed by atoms with Crippen molar-refractivity contribution in [3.63, 3.8) is 0 Å². The molecule has 1 atom stereocenters. The fourth-order valence-corrected chi connectivity index (χ4v) is 2.41. The molecule has 3 nitrogen and oxygen atoms in total. The van der Waals surface area contributed by atoms with Crippen LogP contribution in [0.1, 0.15) is 26.2 Å². The van der Waals surface area contributed by atoms with Crippen molar-refractivity contribution >= 4 is 5.97 Å². The van der Waals surface area contributed by atoms with Crippen molar-refractivity contribution < 1.29 is 14.6 Å². The lowest BCUT2D eigenvalue weighted by Crippen LogP contribution is -2.56. The van der Waals surface area contributed by atoms with Gasteiger partial charge in [0, 0.05) is 5.41 Å². The van der Waals surface area contributed by atoms with E-state index in [0.29, 0.717) is 19.1 Å². The van der Waals surface area contributed by atoms with E-state index in [2.05, 4.69) is 0 Å². The van der Waals surface area contributed by atoms with E-state index in [1.807, 2.05) is 6.92 Å². The summed E-state index contributed by atoms with van der Waals surface area (Å²) >= 11 is 0. The summed E-state index contributed by atoms with van der Waals surface area (Å²) in [6.45, 7) is 3.14. The van der Waals surface area contributed by atoms with Crippen molar-refractivity contribution in [1.82, 2.24) is 0 Å². The highest BCUT2D eigenvalue weighted by Crippen LogP contribution is 2.51. The van der Waals surface area contributed by atoms with Crippen molar-refractivity contribution in [2.75, 3.05) is 13.2 Å². The number of aliphatic carboxylic acids is 1. The lowest BCUT2D eigenvalue weighted by molar-refractivity contribution is -0.201. The maximum atomic E-state index is 10.9. The van der Waals surface area contributed by atoms with E-state index in [1.165, 1.54) is 19.3 Å². The molecule has 1 unspecified atom stereocenters. The minimum Gasteiger partial charge on any atom is -0.481 e. The van der Waals surface area contributed by atoms with E-state index >= 15 is 0 Å². The zero-order valence-corrected chi connectivity index (χ0v) is 7.95. The molecule has 2 aliphatic rings. The predicted molar refractivity (Wildman–Crippen MR) is 47.4 cm³/mol. The molecule has 0 spiro atoms. The summed E-state index contributed by atoms with van der Waals surface area (Å²) in [7, 11) is 0. The zero-order valence-electron chi connectivity index (χ0n) is 7.95. The van der Waals surface area contributed by atoms with E-state index in [4.69, 9.17) is 9.84 Å². The molecule has 0 aromatic heterocycles. The van der Waals surface area contributed by atoms with Gasteiger partial charge in [0.05, 0.1) is 19.1 Å². The maximum Gasteiger partial charge on any atom is 0.306 e. The van der Waals surface area contributed by atoms with Crippen LogP contribution < -0.4 is 0 Å². The maximum absolute atomic E-state index is 10.9. The number of carbonyl (C=O) groups is 1. The molecule has 74 valence electrons. The van der Waals surface area contributed by atoms with E-state index in [0.717, 1.165) is 0 Å². The molecule has 0 aromatic carbocycles. The molecule has 1 heterocycles. The number of carboxylic acid groups (broad SMARTS) is 1. The van der Waals surface area contributed by atoms with Crippen LogP contribution >= 0.6 is 0 Å². The molecule has 13 heavy (non-hydrogen) atoms. The molecule has 1 aliphatic heterocycles. The lowest BCUT2D eigenvalue weighted by Gasteiger charge is -2.53. The Labute approximate surface area is 78.1 Å². The van der Waals surface area contributed by atoms with Gasteiger partial charge in [0.25, 0.3) is 0 Å². The molecule has 1 N–H and O–H groups in total. The van der Waals surface area contributed by atoms with Gasteiger partial charge in [-0.3, -0.25) is 4.79 Å². The molecule has 3 heteroatoms. The number of carboxylic acids is 1. The average Bonchev–Trinajstić information content (AvgIpc) is 1.90. The molecule has 2 rings (SSSR count). The second-order valence-electron chi connectivity index (χ2n) is 4.41. The standard InChI is InChI=1S/C10H16O3/c1-7(9(11)12)10(5-13-6-10)8-3-2-4-8/h7-8H,2-6H2,1H3,(H,11,12). The van der Waals surface area contributed by atoms with Gasteiger partial charge in [0.2, 0.25) is 0 Å². The van der Waals surface area contributed by atoms with Crippen LogP contribution in [0.2, 0.25) is 0 Å². The molecule has 0 radical (unpaired) electrons. The Morgan fingerprint density at radius 3 is 2.38 bits per heavy atom. The van der Waals surface area contributed by atoms with Gasteiger partial charge < -0.3 is 9.84 Å². The molecule has 2 fully saturated rings. The summed E-state index contributed by atoms with van der Waals surface area (Å²) < 4.78 is 5.20. The highest BCUT2D eigenvalue weighted by molar-refractivity contribution is 5.71. The second kappa shape index (κ2) is 2.98. The molecule has 1 saturated carbocycles. The van der Waals surface area contributed by atoms with Crippen LogP contribution in [0.15, 0.2) is 0 Å². The van der Waals surface area contributed by atoms with Crippen molar-refractivity contribution in [2.45, 2.75) is 26.2 Å². The summed E-state index contributed by atoms with van der Waals surface area (Å²) in [6.07, 6.45) is 3.65. The fourth-order valence-electron chi connectivity index (χ4n) is 2.41. The van der Waals surface area contributed by atoms with Crippen LogP contribution in [0.5, 0.6) is 0 Å². The van der Waals surface area contributed by atoms with Gasteiger partial charge in [-0.05, 0) is 18.8 Å². The van der Waals surface area contributed by atoms with Crippen molar-refractivity contribution in [2.24, 2.45) is 17.3 Å². The topological polar surface area (TPSA) is 46.5 Å². The van der Waals surface area contributed by atoms with Gasteiger partial charge in [0.15, 0.2) is 0 Å². The first-order chi connectivity index (χ1) is 6.17. The van der Waals surface area contributed by atoms with Gasteiger partial charge in [0.1, 0.15) is 0 Å². The Kier molecular flexibility index (Phi) is 2.06. The van der Waals surface area contributed by atoms with Crippen LogP contribution in [0, 0.1) is 17.3 Å². The monoisotopic (exact) mass is 184 g/mol. The summed E-state index contributed by atoms with van der Waals surface area (Å²) in [6, 6.07) is 0. The smallest absolute Gasteiger partial charge is 0.306 e. The van der Waals surface area contributed by atoms with Crippen LogP contribution in [-0.2, 0) is 9.53 Å². The van der Waals surface area contributed by atoms with Gasteiger partial charge in [-0.1, -0.05) is 13.3 Å². The van der Waals surface area contributed by atoms with Crippen molar-refractivity contribution in [1.29, 1.82) is 0 Å². The Morgan fingerprint density at radius 1 is 1.54 bits per heavy atom. The number of hydrogen-bond acceptors (Lipinski definition) is 2. The second-order valence-corrected chi connectivity index (χ2v) is 4.41. The van der Waals surface area contributed by atoms with Crippen LogP contribution in [0.4, 0.5) is 0 Å². The van der Waals surface area contributed by atoms with E-state index in [1.54, 1.807) is 0 Å². The summed E-state index contributed by atoms with van der Waals surface area (Å²) in [5.41, 5.74) is -0.0237. The van der Waals surface area contributed by atoms with E-state index in [-0.39, 0.29) is 11.3 Å². The minimum atomic E-state index is -0.671. The third-order valence-electron chi connectivity index (χ3n) is 3.89. The summed E-state index contributed by atoms with van der Waals surface area (Å²) in [5, 5.41) is 9.00. The van der Waals surface area contributed by atoms with Gasteiger partial charge in [-0.15, -0.1) is 0 Å². The number of rotatable bonds is 3. The minimum absolute atomic E-state index is 0.0237. The van der Waals surface area contributed by atoms with Crippen LogP contribution in [0.25, 0.3) is 0 Å². The number of ether oxygens (including phenoxy) is 1. The Morgan fingerprint density at radius 2 is 2.15 bits per heavy atom. The summed E-state index contributed by atoms with van der Waals surface area (Å²) in [4.78, 5) is 10.9. The van der Waals surface area contributed by atoms with Crippen LogP contribution in [0.3, 0.4) is 0 Å². The first-order valence-electron chi connectivity index (χ1n) is 4.97. The average molecular weight is 184 g/mol. The lowest BCUT2D eigenvalue weighted by atomic mass is 9.58. The highest BCUT2D eigenvalue weighted by atomic mass is 16.5. The van der Waals surface area contributed by atoms with E-state index in [9.17, 15) is 4.79 Å². The Hall–Kier alpha value is -0.570. The SMILES string of the molecule is CC(C(=O)O)C1(C2CCC2)COC1. The Balaban J connectivity index is 2.09. The first-order valence-corrected chi connectivity index (χ1v) is 4.97. The third kappa shape index (κ3) is 1.17. The van der Waals surface area contributed by atoms with Crippen molar-refractivity contribution in [3.05, 3.63) is 0 Å². The van der Waals surface area contributed by atoms with Gasteiger partial charge in [-0.2, -0.15) is 0 Å². The quantitative estimate of drug-likeness (QED) is 0.723. The largest absolute Gasteiger partial charge is 0.481 e. The summed E-state index contributed by atoms with van der Waals surface area (Å²) in [5.74, 6) is -0.311. The normalized spacial score (nSPS) is 28.7. The van der Waals surface area contributed by atoms with Gasteiger partial charge in [-0.25, -0.2) is 0 Å². The molecule has 0 amide bonds. The molecule has 0 aromatic rings. The molecule has 0 bridgehead atoms. The zero-order chi connectivity index (χ0) is 9.47. The molecule has 1 saturated heterocycles. The number of hydrogen-bond donors (Lipinski definition) is 1. The predicted octanol–water partition coefficient (Wildman–Crippen LogP) is 1.52.